The highest BCUT2D eigenvalue weighted by Crippen LogP contribution is 2.20. The van der Waals surface area contributed by atoms with Gasteiger partial charge in [0.25, 0.3) is 0 Å². The van der Waals surface area contributed by atoms with E-state index in [0.29, 0.717) is 51.6 Å². The predicted octanol–water partition coefficient (Wildman–Crippen LogP) is 0.764. The monoisotopic (exact) mass is 605 g/mol. The molecule has 1 saturated heterocycles. The molecule has 237 valence electrons. The summed E-state index contributed by atoms with van der Waals surface area (Å²) >= 11 is 0. The smallest absolute Gasteiger partial charge is 0.245 e. The van der Waals surface area contributed by atoms with E-state index in [2.05, 4.69) is 21.3 Å². The lowest BCUT2D eigenvalue weighted by Crippen LogP contribution is -2.57. The number of hydrogen-bond acceptors (Lipinski definition) is 7. The Kier molecular flexibility index (Phi) is 14.0. The van der Waals surface area contributed by atoms with Gasteiger partial charge in [0.05, 0.1) is 12.1 Å². The molecule has 4 amide bonds. The highest BCUT2D eigenvalue weighted by Gasteiger charge is 2.38. The number of nitrogens with two attached hydrogens (primary N) is 1. The molecule has 3 rings (SSSR count). The van der Waals surface area contributed by atoms with Gasteiger partial charge < -0.3 is 31.9 Å². The molecule has 0 saturated carbocycles. The van der Waals surface area contributed by atoms with Crippen LogP contribution in [0.3, 0.4) is 0 Å². The van der Waals surface area contributed by atoms with Crippen molar-refractivity contribution in [1.82, 2.24) is 26.2 Å². The zero-order valence-corrected chi connectivity index (χ0v) is 25.6. The van der Waals surface area contributed by atoms with Crippen molar-refractivity contribution in [3.8, 4) is 0 Å². The molecule has 2 aromatic carbocycles. The Hall–Kier alpha value is -4.09. The molecule has 0 aromatic heterocycles. The Morgan fingerprint density at radius 3 is 2.11 bits per heavy atom. The molecule has 1 radical (unpaired) electrons. The van der Waals surface area contributed by atoms with Gasteiger partial charge in [0.1, 0.15) is 18.1 Å². The Labute approximate surface area is 259 Å². The van der Waals surface area contributed by atoms with Gasteiger partial charge in [-0.2, -0.15) is 0 Å². The van der Waals surface area contributed by atoms with Gasteiger partial charge in [-0.1, -0.05) is 60.7 Å². The van der Waals surface area contributed by atoms with Crippen LogP contribution in [0.1, 0.15) is 50.2 Å². The zero-order valence-electron chi connectivity index (χ0n) is 25.6. The highest BCUT2D eigenvalue weighted by atomic mass is 16.2. The largest absolute Gasteiger partial charge is 0.344 e. The van der Waals surface area contributed by atoms with E-state index >= 15 is 0 Å². The molecule has 1 fully saturated rings. The van der Waals surface area contributed by atoms with Crippen LogP contribution in [0.25, 0.3) is 0 Å². The number of rotatable bonds is 17. The summed E-state index contributed by atoms with van der Waals surface area (Å²) in [4.78, 5) is 66.2. The van der Waals surface area contributed by atoms with Crippen molar-refractivity contribution < 1.29 is 24.0 Å². The van der Waals surface area contributed by atoms with Crippen molar-refractivity contribution in [2.45, 2.75) is 82.1 Å². The Balaban J connectivity index is 1.63. The number of carbonyl (C=O) groups is 4. The van der Waals surface area contributed by atoms with E-state index in [1.54, 1.807) is 7.05 Å². The van der Waals surface area contributed by atoms with Crippen molar-refractivity contribution in [3.05, 3.63) is 71.8 Å². The fraction of sp³-hybridized carbons (Fsp3) is 0.485. The molecule has 44 heavy (non-hydrogen) atoms. The normalized spacial score (nSPS) is 17.2. The van der Waals surface area contributed by atoms with Crippen LogP contribution in [0.5, 0.6) is 0 Å². The molecular weight excluding hydrogens is 560 g/mol. The maximum atomic E-state index is 13.8. The van der Waals surface area contributed by atoms with E-state index < -0.39 is 42.0 Å². The lowest BCUT2D eigenvalue weighted by atomic mass is 10.0. The number of nitrogens with zero attached hydrogens (tertiary/aromatic N) is 1. The van der Waals surface area contributed by atoms with Gasteiger partial charge >= 0.3 is 0 Å². The van der Waals surface area contributed by atoms with Crippen LogP contribution in [-0.4, -0.2) is 85.2 Å². The van der Waals surface area contributed by atoms with Crippen molar-refractivity contribution in [2.75, 3.05) is 20.1 Å². The Bertz CT molecular complexity index is 1230. The molecule has 2 aromatic rings. The van der Waals surface area contributed by atoms with E-state index in [1.807, 2.05) is 66.9 Å². The summed E-state index contributed by atoms with van der Waals surface area (Å²) in [5.74, 6) is -1.62. The van der Waals surface area contributed by atoms with E-state index in [1.165, 1.54) is 11.8 Å². The van der Waals surface area contributed by atoms with Gasteiger partial charge in [0, 0.05) is 13.0 Å². The van der Waals surface area contributed by atoms with Gasteiger partial charge in [-0.25, -0.2) is 0 Å². The third-order valence-corrected chi connectivity index (χ3v) is 7.84. The van der Waals surface area contributed by atoms with Crippen LogP contribution in [-0.2, 0) is 36.8 Å². The molecule has 11 heteroatoms. The number of carbonyl (C=O) groups excluding carboxylic acids is 5. The first-order valence-corrected chi connectivity index (χ1v) is 15.3. The third-order valence-electron chi connectivity index (χ3n) is 7.84. The summed E-state index contributed by atoms with van der Waals surface area (Å²) in [6, 6.07) is 14.9. The van der Waals surface area contributed by atoms with E-state index in [-0.39, 0.29) is 18.2 Å². The zero-order chi connectivity index (χ0) is 31.9. The van der Waals surface area contributed by atoms with Gasteiger partial charge in [0.2, 0.25) is 29.9 Å². The Morgan fingerprint density at radius 1 is 0.886 bits per heavy atom. The first-order valence-electron chi connectivity index (χ1n) is 15.3. The summed E-state index contributed by atoms with van der Waals surface area (Å²) < 4.78 is 0. The summed E-state index contributed by atoms with van der Waals surface area (Å²) in [6.45, 7) is 2.35. The van der Waals surface area contributed by atoms with Gasteiger partial charge in [-0.15, -0.1) is 0 Å². The fourth-order valence-corrected chi connectivity index (χ4v) is 5.35. The van der Waals surface area contributed by atoms with Crippen LogP contribution in [0.15, 0.2) is 60.7 Å². The molecule has 6 N–H and O–H groups in total. The quantitative estimate of drug-likeness (QED) is 0.166. The van der Waals surface area contributed by atoms with Crippen LogP contribution in [0.2, 0.25) is 0 Å². The number of unbranched alkanes of at least 4 members (excludes halogenated alkanes) is 1. The average molecular weight is 606 g/mol. The second-order valence-corrected chi connectivity index (χ2v) is 11.2. The Morgan fingerprint density at radius 2 is 1.52 bits per heavy atom. The molecule has 11 nitrogen and oxygen atoms in total. The second kappa shape index (κ2) is 17.9. The van der Waals surface area contributed by atoms with Crippen LogP contribution >= 0.6 is 0 Å². The minimum Gasteiger partial charge on any atom is -0.344 e. The van der Waals surface area contributed by atoms with Crippen molar-refractivity contribution >= 4 is 29.9 Å². The second-order valence-electron chi connectivity index (χ2n) is 11.2. The van der Waals surface area contributed by atoms with Gasteiger partial charge in [-0.3, -0.25) is 24.0 Å². The van der Waals surface area contributed by atoms with Crippen LogP contribution in [0, 0.1) is 0 Å². The maximum absolute atomic E-state index is 13.8. The molecule has 1 aliphatic heterocycles. The molecule has 1 heterocycles. The summed E-state index contributed by atoms with van der Waals surface area (Å²) in [5, 5.41) is 11.3. The van der Waals surface area contributed by atoms with Gasteiger partial charge in [0.15, 0.2) is 0 Å². The predicted molar refractivity (Wildman–Crippen MR) is 168 cm³/mol. The van der Waals surface area contributed by atoms with Gasteiger partial charge in [-0.05, 0) is 70.2 Å². The lowest BCUT2D eigenvalue weighted by Gasteiger charge is -2.30. The number of benzene rings is 2. The average Bonchev–Trinajstić information content (AvgIpc) is 3.54. The summed E-state index contributed by atoms with van der Waals surface area (Å²) in [7, 11) is 1.70. The molecule has 0 unspecified atom stereocenters. The fourth-order valence-electron chi connectivity index (χ4n) is 5.35. The van der Waals surface area contributed by atoms with Crippen molar-refractivity contribution in [3.63, 3.8) is 0 Å². The standard InChI is InChI=1S/C33H45N6O5/c1-23(30(41)37-26(22-40)20-24-12-5-3-6-13-24)36-32(43)29-17-11-19-39(29)33(44)27(16-9-10-18-34)38-31(42)28(35-2)21-25-14-7-4-8-15-25/h3-8,12-15,23,26-29,35H,9-11,16-21,34H2,1-2H3,(H,36,43)(H,37,41)(H,38,42)/t23-,26-,27-,28-,29-/m0/s1. The first kappa shape index (κ1) is 34.4. The topological polar surface area (TPSA) is 163 Å². The molecule has 0 spiro atoms. The molecule has 0 aliphatic carbocycles. The SMILES string of the molecule is CN[C@@H](Cc1ccccc1)C(=O)N[C@@H](CCCCN)C(=O)N1CCC[C@H]1C(=O)N[C@@H](C)C(=O)N[C@H]([C]=O)Cc1ccccc1. The minimum absolute atomic E-state index is 0.276. The minimum atomic E-state index is -0.943. The molecule has 5 atom stereocenters. The first-order chi connectivity index (χ1) is 21.3. The summed E-state index contributed by atoms with van der Waals surface area (Å²) in [6.07, 6.45) is 5.34. The number of hydrogen-bond donors (Lipinski definition) is 5. The third kappa shape index (κ3) is 10.3. The molecular formula is C33H45N6O5. The lowest BCUT2D eigenvalue weighted by molar-refractivity contribution is -0.142. The van der Waals surface area contributed by atoms with Crippen molar-refractivity contribution in [2.24, 2.45) is 5.73 Å². The molecule has 1 aliphatic rings. The maximum Gasteiger partial charge on any atom is 0.245 e. The highest BCUT2D eigenvalue weighted by molar-refractivity contribution is 5.95. The van der Waals surface area contributed by atoms with Crippen molar-refractivity contribution in [1.29, 1.82) is 0 Å². The van der Waals surface area contributed by atoms with Crippen LogP contribution < -0.4 is 27.0 Å². The number of amides is 4. The number of nitrogens with one attached hydrogen (secondary N) is 4. The van der Waals surface area contributed by atoms with E-state index in [9.17, 15) is 24.0 Å². The van der Waals surface area contributed by atoms with E-state index in [0.717, 1.165) is 11.1 Å². The molecule has 0 bridgehead atoms. The van der Waals surface area contributed by atoms with E-state index in [4.69, 9.17) is 5.73 Å². The number of likely N-dealkylation sites (tertiary alicyclic amines) is 1. The van der Waals surface area contributed by atoms with Crippen LogP contribution in [0.4, 0.5) is 0 Å². The summed E-state index contributed by atoms with van der Waals surface area (Å²) in [5.41, 5.74) is 7.53. The number of likely N-dealkylation sites (N-methyl/N-ethyl adjacent to an activating group) is 1.